The molecule has 58 valence electrons. The molecule has 0 unspecified atom stereocenters. The molecule has 0 aromatic carbocycles. The highest BCUT2D eigenvalue weighted by Crippen LogP contribution is 2.39. The average molecular weight is 183 g/mol. The molecule has 0 aliphatic carbocycles. The molecule has 0 atom stereocenters. The number of thioether (sulfide) groups is 1. The highest BCUT2D eigenvalue weighted by molar-refractivity contribution is 8.01. The molecule has 0 bridgehead atoms. The standard InChI is InChI=1S/C8H9NS2/c1-2-6-5-7-8(11-6)10-4-3-9-7/h3,5H,2,4H2,1H3. The summed E-state index contributed by atoms with van der Waals surface area (Å²) in [5.74, 6) is 1.04. The molecule has 0 saturated carbocycles. The van der Waals surface area contributed by atoms with Crippen LogP contribution >= 0.6 is 23.1 Å². The minimum Gasteiger partial charge on any atom is -0.258 e. The van der Waals surface area contributed by atoms with Crippen LogP contribution in [0.4, 0.5) is 5.69 Å². The number of hydrogen-bond donors (Lipinski definition) is 0. The minimum atomic E-state index is 1.04. The maximum absolute atomic E-state index is 4.33. The Morgan fingerprint density at radius 2 is 2.55 bits per heavy atom. The highest BCUT2D eigenvalue weighted by Gasteiger charge is 2.09. The summed E-state index contributed by atoms with van der Waals surface area (Å²) in [6.07, 6.45) is 3.12. The normalized spacial score (nSPS) is 15.0. The predicted molar refractivity (Wildman–Crippen MR) is 52.6 cm³/mol. The third kappa shape index (κ3) is 1.35. The van der Waals surface area contributed by atoms with E-state index in [9.17, 15) is 0 Å². The zero-order valence-corrected chi connectivity index (χ0v) is 7.97. The summed E-state index contributed by atoms with van der Waals surface area (Å²) in [4.78, 5) is 5.77. The van der Waals surface area contributed by atoms with Crippen molar-refractivity contribution in [2.24, 2.45) is 4.99 Å². The van der Waals surface area contributed by atoms with Gasteiger partial charge in [0.2, 0.25) is 0 Å². The quantitative estimate of drug-likeness (QED) is 0.651. The average Bonchev–Trinajstić information content (AvgIpc) is 2.46. The topological polar surface area (TPSA) is 12.4 Å². The van der Waals surface area contributed by atoms with Crippen LogP contribution in [0.2, 0.25) is 0 Å². The number of nitrogens with zero attached hydrogens (tertiary/aromatic N) is 1. The van der Waals surface area contributed by atoms with E-state index < -0.39 is 0 Å². The second kappa shape index (κ2) is 2.99. The SMILES string of the molecule is CCc1cc2c(s1)SCC=N2. The molecule has 11 heavy (non-hydrogen) atoms. The Hall–Kier alpha value is -0.280. The van der Waals surface area contributed by atoms with E-state index in [2.05, 4.69) is 18.0 Å². The van der Waals surface area contributed by atoms with Gasteiger partial charge in [0, 0.05) is 16.8 Å². The van der Waals surface area contributed by atoms with E-state index in [0.29, 0.717) is 0 Å². The first kappa shape index (κ1) is 7.37. The van der Waals surface area contributed by atoms with Gasteiger partial charge in [-0.3, -0.25) is 4.99 Å². The highest BCUT2D eigenvalue weighted by atomic mass is 32.2. The first-order chi connectivity index (χ1) is 5.40. The van der Waals surface area contributed by atoms with Crippen molar-refractivity contribution >= 4 is 35.0 Å². The van der Waals surface area contributed by atoms with E-state index in [-0.39, 0.29) is 0 Å². The van der Waals surface area contributed by atoms with Gasteiger partial charge in [0.05, 0.1) is 9.90 Å². The molecule has 0 radical (unpaired) electrons. The summed E-state index contributed by atoms with van der Waals surface area (Å²) in [6.45, 7) is 2.19. The Bertz CT molecular complexity index is 288. The number of aliphatic imine (C=N–C) groups is 1. The summed E-state index contributed by atoms with van der Waals surface area (Å²) in [5.41, 5.74) is 1.18. The Labute approximate surface area is 74.5 Å². The lowest BCUT2D eigenvalue weighted by molar-refractivity contribution is 1.19. The molecule has 1 nitrogen and oxygen atoms in total. The van der Waals surface area contributed by atoms with Crippen molar-refractivity contribution in [2.75, 3.05) is 5.75 Å². The predicted octanol–water partition coefficient (Wildman–Crippen LogP) is 3.12. The summed E-state index contributed by atoms with van der Waals surface area (Å²) in [5, 5.41) is 0. The van der Waals surface area contributed by atoms with Crippen LogP contribution in [-0.4, -0.2) is 12.0 Å². The molecule has 0 amide bonds. The molecule has 0 fully saturated rings. The largest absolute Gasteiger partial charge is 0.258 e. The fraction of sp³-hybridized carbons (Fsp3) is 0.375. The Kier molecular flexibility index (Phi) is 2.00. The van der Waals surface area contributed by atoms with Gasteiger partial charge in [0.25, 0.3) is 0 Å². The molecule has 2 rings (SSSR count). The van der Waals surface area contributed by atoms with Gasteiger partial charge >= 0.3 is 0 Å². The monoisotopic (exact) mass is 183 g/mol. The van der Waals surface area contributed by atoms with Crippen molar-refractivity contribution in [1.82, 2.24) is 0 Å². The van der Waals surface area contributed by atoms with Crippen LogP contribution < -0.4 is 0 Å². The van der Waals surface area contributed by atoms with Crippen molar-refractivity contribution in [3.05, 3.63) is 10.9 Å². The van der Waals surface area contributed by atoms with Crippen LogP contribution in [0.25, 0.3) is 0 Å². The van der Waals surface area contributed by atoms with Crippen LogP contribution in [0, 0.1) is 0 Å². The van der Waals surface area contributed by atoms with E-state index >= 15 is 0 Å². The number of fused-ring (bicyclic) bond motifs is 1. The number of thiophene rings is 1. The van der Waals surface area contributed by atoms with E-state index in [4.69, 9.17) is 0 Å². The molecule has 0 saturated heterocycles. The van der Waals surface area contributed by atoms with Crippen LogP contribution in [0.15, 0.2) is 15.3 Å². The van der Waals surface area contributed by atoms with Crippen molar-refractivity contribution in [2.45, 2.75) is 17.6 Å². The maximum atomic E-state index is 4.33. The molecular weight excluding hydrogens is 174 g/mol. The van der Waals surface area contributed by atoms with Gasteiger partial charge in [-0.15, -0.1) is 23.1 Å². The molecule has 1 aromatic rings. The third-order valence-electron chi connectivity index (χ3n) is 1.60. The van der Waals surface area contributed by atoms with Gasteiger partial charge in [-0.1, -0.05) is 6.92 Å². The van der Waals surface area contributed by atoms with E-state index in [1.54, 1.807) is 0 Å². The van der Waals surface area contributed by atoms with Crippen molar-refractivity contribution in [1.29, 1.82) is 0 Å². The Balaban J connectivity index is 2.42. The van der Waals surface area contributed by atoms with Gasteiger partial charge in [-0.05, 0) is 12.5 Å². The number of rotatable bonds is 1. The van der Waals surface area contributed by atoms with Crippen LogP contribution in [0.5, 0.6) is 0 Å². The van der Waals surface area contributed by atoms with Crippen LogP contribution in [0.1, 0.15) is 11.8 Å². The molecule has 0 spiro atoms. The van der Waals surface area contributed by atoms with Gasteiger partial charge < -0.3 is 0 Å². The summed E-state index contributed by atoms with van der Waals surface area (Å²) in [6, 6.07) is 2.20. The smallest absolute Gasteiger partial charge is 0.0873 e. The first-order valence-electron chi connectivity index (χ1n) is 3.68. The van der Waals surface area contributed by atoms with Gasteiger partial charge in [0.1, 0.15) is 0 Å². The van der Waals surface area contributed by atoms with Crippen LogP contribution in [0.3, 0.4) is 0 Å². The lowest BCUT2D eigenvalue weighted by atomic mass is 10.4. The van der Waals surface area contributed by atoms with Gasteiger partial charge in [-0.25, -0.2) is 0 Å². The molecule has 1 aliphatic heterocycles. The van der Waals surface area contributed by atoms with Gasteiger partial charge in [-0.2, -0.15) is 0 Å². The maximum Gasteiger partial charge on any atom is 0.0873 e. The zero-order chi connectivity index (χ0) is 7.68. The summed E-state index contributed by atoms with van der Waals surface area (Å²) >= 11 is 3.78. The van der Waals surface area contributed by atoms with Crippen molar-refractivity contribution < 1.29 is 0 Å². The molecule has 1 aliphatic rings. The summed E-state index contributed by atoms with van der Waals surface area (Å²) < 4.78 is 1.39. The van der Waals surface area contributed by atoms with Gasteiger partial charge in [0.15, 0.2) is 0 Å². The fourth-order valence-electron chi connectivity index (χ4n) is 1.03. The van der Waals surface area contributed by atoms with E-state index in [1.807, 2.05) is 29.3 Å². The molecule has 0 N–H and O–H groups in total. The lowest BCUT2D eigenvalue weighted by Crippen LogP contribution is -1.82. The molecule has 2 heterocycles. The van der Waals surface area contributed by atoms with Crippen molar-refractivity contribution in [3.63, 3.8) is 0 Å². The zero-order valence-electron chi connectivity index (χ0n) is 6.33. The van der Waals surface area contributed by atoms with E-state index in [1.165, 1.54) is 14.8 Å². The van der Waals surface area contributed by atoms with Crippen molar-refractivity contribution in [3.8, 4) is 0 Å². The molecule has 1 aromatic heterocycles. The second-order valence-electron chi connectivity index (χ2n) is 2.36. The third-order valence-corrected chi connectivity index (χ3v) is 4.05. The first-order valence-corrected chi connectivity index (χ1v) is 5.48. The van der Waals surface area contributed by atoms with E-state index in [0.717, 1.165) is 12.2 Å². The number of aryl methyl sites for hydroxylation is 1. The Morgan fingerprint density at radius 1 is 1.64 bits per heavy atom. The number of hydrogen-bond acceptors (Lipinski definition) is 3. The molecular formula is C8H9NS2. The lowest BCUT2D eigenvalue weighted by Gasteiger charge is -2.00. The minimum absolute atomic E-state index is 1.04. The second-order valence-corrected chi connectivity index (χ2v) is 4.79. The molecule has 3 heteroatoms. The van der Waals surface area contributed by atoms with Crippen LogP contribution in [-0.2, 0) is 6.42 Å². The summed E-state index contributed by atoms with van der Waals surface area (Å²) in [7, 11) is 0. The Morgan fingerprint density at radius 3 is 3.27 bits per heavy atom. The fourth-order valence-corrected chi connectivity index (χ4v) is 3.12.